The minimum atomic E-state index is -1.93. The zero-order valence-corrected chi connectivity index (χ0v) is 22.3. The van der Waals surface area contributed by atoms with Crippen LogP contribution in [0.15, 0.2) is 78.9 Å². The van der Waals surface area contributed by atoms with E-state index in [4.69, 9.17) is 4.74 Å². The molecule has 0 aliphatic heterocycles. The Hall–Kier alpha value is -1.35. The van der Waals surface area contributed by atoms with Gasteiger partial charge in [-0.05, 0) is 0 Å². The van der Waals surface area contributed by atoms with Gasteiger partial charge in [-0.2, -0.15) is 0 Å². The summed E-state index contributed by atoms with van der Waals surface area (Å²) in [4.78, 5) is 12.6. The third-order valence-electron chi connectivity index (χ3n) is 6.03. The van der Waals surface area contributed by atoms with E-state index in [0.29, 0.717) is 6.42 Å². The maximum absolute atomic E-state index is 12.6. The summed E-state index contributed by atoms with van der Waals surface area (Å²) in [6, 6.07) is 28.5. The van der Waals surface area contributed by atoms with E-state index in [1.54, 1.807) is 0 Å². The topological polar surface area (TPSA) is 26.3 Å². The summed E-state index contributed by atoms with van der Waals surface area (Å²) in [5.41, 5.74) is 0.820. The fourth-order valence-corrected chi connectivity index (χ4v) is 10.5. The standard InChI is InChI=1S/C27H28IO2Te/c1-2-27(18-6-7-19-27)30-26(29)20-21-10-14-24(15-11-21)31(23-8-4-3-5-9-23)25-16-12-22(28)13-17-25/h3-5,8-17H,2,6-7,18-20H2,1H3/q+1. The number of carbonyl (C=O) groups is 1. The van der Waals surface area contributed by atoms with Crippen molar-refractivity contribution in [2.45, 2.75) is 51.0 Å². The van der Waals surface area contributed by atoms with Crippen molar-refractivity contribution in [1.29, 1.82) is 0 Å². The zero-order chi connectivity index (χ0) is 21.7. The van der Waals surface area contributed by atoms with Gasteiger partial charge in [0.2, 0.25) is 0 Å². The quantitative estimate of drug-likeness (QED) is 0.215. The third kappa shape index (κ3) is 5.72. The molecule has 0 heterocycles. The van der Waals surface area contributed by atoms with E-state index in [1.165, 1.54) is 27.2 Å². The molecule has 0 amide bonds. The van der Waals surface area contributed by atoms with Crippen LogP contribution in [-0.2, 0) is 16.0 Å². The molecule has 31 heavy (non-hydrogen) atoms. The van der Waals surface area contributed by atoms with E-state index in [9.17, 15) is 4.79 Å². The second kappa shape index (κ2) is 10.5. The molecule has 1 aliphatic carbocycles. The van der Waals surface area contributed by atoms with Crippen molar-refractivity contribution < 1.29 is 9.53 Å². The number of ether oxygens (including phenoxy) is 1. The fourth-order valence-electron chi connectivity index (χ4n) is 4.27. The van der Waals surface area contributed by atoms with Gasteiger partial charge in [0.25, 0.3) is 0 Å². The number of hydrogen-bond acceptors (Lipinski definition) is 2. The summed E-state index contributed by atoms with van der Waals surface area (Å²) in [6.45, 7) is 2.13. The Labute approximate surface area is 206 Å². The van der Waals surface area contributed by atoms with Crippen molar-refractivity contribution in [3.8, 4) is 0 Å². The molecule has 0 aromatic heterocycles. The van der Waals surface area contributed by atoms with Crippen LogP contribution in [0.5, 0.6) is 0 Å². The van der Waals surface area contributed by atoms with Crippen LogP contribution in [0.3, 0.4) is 0 Å². The first-order chi connectivity index (χ1) is 15.1. The van der Waals surface area contributed by atoms with Gasteiger partial charge in [-0.1, -0.05) is 0 Å². The summed E-state index contributed by atoms with van der Waals surface area (Å²) in [5, 5.41) is 0. The molecule has 0 spiro atoms. The molecule has 0 N–H and O–H groups in total. The van der Waals surface area contributed by atoms with Gasteiger partial charge < -0.3 is 0 Å². The van der Waals surface area contributed by atoms with E-state index < -0.39 is 19.6 Å². The Kier molecular flexibility index (Phi) is 7.74. The average molecular weight is 639 g/mol. The van der Waals surface area contributed by atoms with Crippen molar-refractivity contribution in [2.75, 3.05) is 0 Å². The van der Waals surface area contributed by atoms with Gasteiger partial charge in [-0.25, -0.2) is 0 Å². The second-order valence-corrected chi connectivity index (χ2v) is 15.1. The van der Waals surface area contributed by atoms with Crippen molar-refractivity contribution in [3.05, 3.63) is 88.0 Å². The average Bonchev–Trinajstić information content (AvgIpc) is 3.26. The van der Waals surface area contributed by atoms with Gasteiger partial charge >= 0.3 is 208 Å². The van der Waals surface area contributed by atoms with Crippen molar-refractivity contribution in [1.82, 2.24) is 0 Å². The van der Waals surface area contributed by atoms with E-state index in [1.807, 2.05) is 0 Å². The predicted molar refractivity (Wildman–Crippen MR) is 138 cm³/mol. The van der Waals surface area contributed by atoms with Crippen LogP contribution in [0.4, 0.5) is 0 Å². The third-order valence-corrected chi connectivity index (χ3v) is 13.1. The van der Waals surface area contributed by atoms with Crippen LogP contribution >= 0.6 is 22.6 Å². The Balaban J connectivity index is 1.53. The van der Waals surface area contributed by atoms with E-state index >= 15 is 0 Å². The van der Waals surface area contributed by atoms with Gasteiger partial charge in [0.05, 0.1) is 0 Å². The first-order valence-electron chi connectivity index (χ1n) is 10.9. The van der Waals surface area contributed by atoms with E-state index in [2.05, 4.69) is 108 Å². The summed E-state index contributed by atoms with van der Waals surface area (Å²) in [5.74, 6) is -0.0891. The molecule has 0 atom stereocenters. The number of benzene rings is 3. The van der Waals surface area contributed by atoms with Gasteiger partial charge in [0, 0.05) is 0 Å². The van der Waals surface area contributed by atoms with Crippen molar-refractivity contribution >= 4 is 58.9 Å². The number of hydrogen-bond donors (Lipinski definition) is 0. The van der Waals surface area contributed by atoms with Crippen molar-refractivity contribution in [3.63, 3.8) is 0 Å². The molecule has 1 aliphatic rings. The Morgan fingerprint density at radius 1 is 0.871 bits per heavy atom. The minimum absolute atomic E-state index is 0.0891. The molecule has 0 bridgehead atoms. The Bertz CT molecular complexity index is 994. The zero-order valence-electron chi connectivity index (χ0n) is 17.9. The molecule has 4 heteroatoms. The molecule has 4 rings (SSSR count). The number of halogens is 1. The van der Waals surface area contributed by atoms with Gasteiger partial charge in [-0.3, -0.25) is 0 Å². The summed E-state index contributed by atoms with van der Waals surface area (Å²) in [7, 11) is 0. The molecular weight excluding hydrogens is 611 g/mol. The van der Waals surface area contributed by atoms with Gasteiger partial charge in [0.1, 0.15) is 0 Å². The van der Waals surface area contributed by atoms with Gasteiger partial charge in [-0.15, -0.1) is 0 Å². The Morgan fingerprint density at radius 3 is 2.00 bits per heavy atom. The molecule has 3 aromatic rings. The maximum atomic E-state index is 12.6. The first-order valence-corrected chi connectivity index (χ1v) is 15.5. The van der Waals surface area contributed by atoms with E-state index in [0.717, 1.165) is 24.8 Å². The SMILES string of the molecule is CCC1(OC(=O)Cc2ccc([Te+](c3ccccc3)c3ccc(I)cc3)cc2)CCCC1. The van der Waals surface area contributed by atoms with Crippen LogP contribution in [0.2, 0.25) is 0 Å². The molecular formula is C27H28IO2Te+. The van der Waals surface area contributed by atoms with Crippen LogP contribution < -0.4 is 10.8 Å². The van der Waals surface area contributed by atoms with Crippen LogP contribution in [0.25, 0.3) is 0 Å². The Morgan fingerprint density at radius 2 is 1.42 bits per heavy atom. The molecule has 160 valence electrons. The van der Waals surface area contributed by atoms with Crippen LogP contribution in [0, 0.1) is 3.57 Å². The molecule has 1 fully saturated rings. The van der Waals surface area contributed by atoms with E-state index in [-0.39, 0.29) is 11.6 Å². The second-order valence-electron chi connectivity index (χ2n) is 8.11. The van der Waals surface area contributed by atoms with Crippen LogP contribution in [-0.4, -0.2) is 31.1 Å². The molecule has 3 aromatic carbocycles. The molecule has 1 saturated carbocycles. The molecule has 0 saturated heterocycles. The predicted octanol–water partition coefficient (Wildman–Crippen LogP) is 4.62. The van der Waals surface area contributed by atoms with Crippen LogP contribution in [0.1, 0.15) is 44.6 Å². The number of carbonyl (C=O) groups excluding carboxylic acids is 1. The number of rotatable bonds is 7. The summed E-state index contributed by atoms with van der Waals surface area (Å²) < 4.78 is 11.5. The first kappa shape index (κ1) is 22.8. The molecule has 0 radical (unpaired) electrons. The normalized spacial score (nSPS) is 15.2. The van der Waals surface area contributed by atoms with Gasteiger partial charge in [0.15, 0.2) is 0 Å². The monoisotopic (exact) mass is 641 g/mol. The summed E-state index contributed by atoms with van der Waals surface area (Å²) in [6.07, 6.45) is 5.62. The molecule has 2 nitrogen and oxygen atoms in total. The fraction of sp³-hybridized carbons (Fsp3) is 0.296. The number of esters is 1. The molecule has 0 unspecified atom stereocenters. The van der Waals surface area contributed by atoms with Crippen molar-refractivity contribution in [2.24, 2.45) is 0 Å². The summed E-state index contributed by atoms with van der Waals surface area (Å²) >= 11 is 0.430.